The van der Waals surface area contributed by atoms with Gasteiger partial charge in [-0.3, -0.25) is 4.79 Å². The van der Waals surface area contributed by atoms with Gasteiger partial charge >= 0.3 is 5.97 Å². The summed E-state index contributed by atoms with van der Waals surface area (Å²) in [5, 5.41) is 10.1. The molecule has 1 heterocycles. The van der Waals surface area contributed by atoms with E-state index in [1.807, 2.05) is 13.8 Å². The SMILES string of the molecule is CC(C)OC(=O)CCCCCCCC[C@@H](O)C[NH+]1CCCCC1. The molecule has 0 aliphatic carbocycles. The molecule has 136 valence electrons. The van der Waals surface area contributed by atoms with Crippen LogP contribution in [0.4, 0.5) is 0 Å². The summed E-state index contributed by atoms with van der Waals surface area (Å²) in [6.45, 7) is 7.21. The molecule has 0 aromatic rings. The fourth-order valence-electron chi connectivity index (χ4n) is 3.37. The Bertz CT molecular complexity index is 301. The Labute approximate surface area is 142 Å². The fourth-order valence-corrected chi connectivity index (χ4v) is 3.37. The zero-order chi connectivity index (χ0) is 16.9. The third-order valence-electron chi connectivity index (χ3n) is 4.62. The Morgan fingerprint density at radius 1 is 1.00 bits per heavy atom. The Morgan fingerprint density at radius 2 is 1.61 bits per heavy atom. The van der Waals surface area contributed by atoms with Crippen LogP contribution in [0.5, 0.6) is 0 Å². The maximum atomic E-state index is 11.4. The number of piperidine rings is 1. The average Bonchev–Trinajstić information content (AvgIpc) is 2.50. The lowest BCUT2D eigenvalue weighted by molar-refractivity contribution is -0.908. The van der Waals surface area contributed by atoms with Crippen LogP contribution in [-0.4, -0.2) is 42.9 Å². The van der Waals surface area contributed by atoms with Gasteiger partial charge in [0.1, 0.15) is 12.6 Å². The van der Waals surface area contributed by atoms with E-state index in [0.717, 1.165) is 32.2 Å². The van der Waals surface area contributed by atoms with Gasteiger partial charge in [0.25, 0.3) is 0 Å². The Kier molecular flexibility index (Phi) is 11.3. The topological polar surface area (TPSA) is 51.0 Å². The molecule has 1 fully saturated rings. The van der Waals surface area contributed by atoms with Gasteiger partial charge in [-0.1, -0.05) is 32.1 Å². The molecule has 1 atom stereocenters. The van der Waals surface area contributed by atoms with Gasteiger partial charge in [-0.2, -0.15) is 0 Å². The van der Waals surface area contributed by atoms with E-state index in [1.165, 1.54) is 51.6 Å². The number of carbonyl (C=O) groups is 1. The number of unbranched alkanes of at least 4 members (excludes halogenated alkanes) is 5. The van der Waals surface area contributed by atoms with Crippen molar-refractivity contribution >= 4 is 5.97 Å². The summed E-state index contributed by atoms with van der Waals surface area (Å²) in [6.07, 6.45) is 12.2. The van der Waals surface area contributed by atoms with E-state index < -0.39 is 0 Å². The number of esters is 1. The molecule has 2 N–H and O–H groups in total. The highest BCUT2D eigenvalue weighted by molar-refractivity contribution is 5.69. The van der Waals surface area contributed by atoms with E-state index in [1.54, 1.807) is 4.90 Å². The van der Waals surface area contributed by atoms with Crippen LogP contribution in [0.1, 0.15) is 84.5 Å². The Morgan fingerprint density at radius 3 is 2.26 bits per heavy atom. The second kappa shape index (κ2) is 12.8. The van der Waals surface area contributed by atoms with E-state index >= 15 is 0 Å². The van der Waals surface area contributed by atoms with Crippen LogP contribution < -0.4 is 4.90 Å². The van der Waals surface area contributed by atoms with Crippen molar-refractivity contribution in [1.29, 1.82) is 0 Å². The molecule has 23 heavy (non-hydrogen) atoms. The maximum absolute atomic E-state index is 11.4. The van der Waals surface area contributed by atoms with E-state index in [-0.39, 0.29) is 18.2 Å². The third-order valence-corrected chi connectivity index (χ3v) is 4.62. The first-order valence-electron chi connectivity index (χ1n) is 9.79. The summed E-state index contributed by atoms with van der Waals surface area (Å²) in [4.78, 5) is 13.0. The van der Waals surface area contributed by atoms with Crippen molar-refractivity contribution in [1.82, 2.24) is 0 Å². The van der Waals surface area contributed by atoms with Crippen LogP contribution in [0.25, 0.3) is 0 Å². The number of hydrogen-bond donors (Lipinski definition) is 2. The lowest BCUT2D eigenvalue weighted by atomic mass is 10.0. The minimum atomic E-state index is -0.117. The minimum absolute atomic E-state index is 0.000649. The van der Waals surface area contributed by atoms with Gasteiger partial charge in [0.05, 0.1) is 19.2 Å². The summed E-state index contributed by atoms with van der Waals surface area (Å²) >= 11 is 0. The quantitative estimate of drug-likeness (QED) is 0.427. The monoisotopic (exact) mass is 328 g/mol. The largest absolute Gasteiger partial charge is 0.463 e. The molecule has 1 rings (SSSR count). The highest BCUT2D eigenvalue weighted by Gasteiger charge is 2.17. The van der Waals surface area contributed by atoms with Crippen molar-refractivity contribution in [2.45, 2.75) is 96.7 Å². The third kappa shape index (κ3) is 11.5. The second-order valence-electron chi connectivity index (χ2n) is 7.37. The van der Waals surface area contributed by atoms with E-state index in [9.17, 15) is 9.90 Å². The lowest BCUT2D eigenvalue weighted by Crippen LogP contribution is -3.13. The molecule has 0 unspecified atom stereocenters. The molecule has 1 saturated heterocycles. The molecule has 0 aromatic carbocycles. The standard InChI is InChI=1S/C19H37NO3/c1-17(2)23-19(22)13-9-6-4-3-5-8-12-18(21)16-20-14-10-7-11-15-20/h17-18,21H,3-16H2,1-2H3/p+1/t18-/m1/s1. The van der Waals surface area contributed by atoms with Crippen molar-refractivity contribution in [3.05, 3.63) is 0 Å². The molecule has 1 aliphatic rings. The first-order valence-corrected chi connectivity index (χ1v) is 9.79. The van der Waals surface area contributed by atoms with Crippen LogP contribution in [0, 0.1) is 0 Å². The molecule has 0 spiro atoms. The van der Waals surface area contributed by atoms with Gasteiger partial charge in [0, 0.05) is 6.42 Å². The Hall–Kier alpha value is -0.610. The molecule has 0 radical (unpaired) electrons. The van der Waals surface area contributed by atoms with E-state index in [2.05, 4.69) is 0 Å². The molecular formula is C19H38NO3+. The average molecular weight is 329 g/mol. The molecule has 1 aliphatic heterocycles. The fraction of sp³-hybridized carbons (Fsp3) is 0.947. The number of aliphatic hydroxyl groups is 1. The predicted octanol–water partition coefficient (Wildman–Crippen LogP) is 2.49. The summed E-state index contributed by atoms with van der Waals surface area (Å²) in [5.74, 6) is -0.0664. The molecular weight excluding hydrogens is 290 g/mol. The summed E-state index contributed by atoms with van der Waals surface area (Å²) < 4.78 is 5.12. The van der Waals surface area contributed by atoms with Crippen LogP contribution in [-0.2, 0) is 9.53 Å². The number of likely N-dealkylation sites (tertiary alicyclic amines) is 1. The van der Waals surface area contributed by atoms with Crippen LogP contribution in [0.3, 0.4) is 0 Å². The molecule has 0 amide bonds. The minimum Gasteiger partial charge on any atom is -0.463 e. The highest BCUT2D eigenvalue weighted by Crippen LogP contribution is 2.10. The zero-order valence-corrected chi connectivity index (χ0v) is 15.3. The molecule has 0 bridgehead atoms. The number of ether oxygens (including phenoxy) is 1. The van der Waals surface area contributed by atoms with Crippen molar-refractivity contribution in [3.8, 4) is 0 Å². The predicted molar refractivity (Wildman–Crippen MR) is 93.6 cm³/mol. The van der Waals surface area contributed by atoms with Crippen LogP contribution in [0.15, 0.2) is 0 Å². The summed E-state index contributed by atoms with van der Waals surface area (Å²) in [6, 6.07) is 0. The molecule has 4 heteroatoms. The van der Waals surface area contributed by atoms with E-state index in [4.69, 9.17) is 4.74 Å². The number of carbonyl (C=O) groups excluding carboxylic acids is 1. The van der Waals surface area contributed by atoms with Crippen molar-refractivity contribution in [2.24, 2.45) is 0 Å². The van der Waals surface area contributed by atoms with Gasteiger partial charge in [-0.25, -0.2) is 0 Å². The molecule has 0 aromatic heterocycles. The first-order chi connectivity index (χ1) is 11.1. The summed E-state index contributed by atoms with van der Waals surface area (Å²) in [5.41, 5.74) is 0. The van der Waals surface area contributed by atoms with E-state index in [0.29, 0.717) is 6.42 Å². The number of aliphatic hydroxyl groups excluding tert-OH is 1. The zero-order valence-electron chi connectivity index (χ0n) is 15.3. The molecule has 4 nitrogen and oxygen atoms in total. The normalized spacial score (nSPS) is 17.4. The van der Waals surface area contributed by atoms with Gasteiger partial charge in [0.15, 0.2) is 0 Å². The number of quaternary nitrogens is 1. The first kappa shape index (κ1) is 20.4. The Balaban J connectivity index is 1.86. The van der Waals surface area contributed by atoms with Gasteiger partial charge in [-0.05, 0) is 46.0 Å². The number of hydrogen-bond acceptors (Lipinski definition) is 3. The van der Waals surface area contributed by atoms with Gasteiger partial charge in [0.2, 0.25) is 0 Å². The summed E-state index contributed by atoms with van der Waals surface area (Å²) in [7, 11) is 0. The van der Waals surface area contributed by atoms with Crippen molar-refractivity contribution in [2.75, 3.05) is 19.6 Å². The maximum Gasteiger partial charge on any atom is 0.306 e. The van der Waals surface area contributed by atoms with Crippen LogP contribution in [0.2, 0.25) is 0 Å². The molecule has 0 saturated carbocycles. The van der Waals surface area contributed by atoms with Crippen molar-refractivity contribution < 1.29 is 19.5 Å². The number of rotatable bonds is 12. The smallest absolute Gasteiger partial charge is 0.306 e. The highest BCUT2D eigenvalue weighted by atomic mass is 16.5. The van der Waals surface area contributed by atoms with Gasteiger partial charge in [-0.15, -0.1) is 0 Å². The van der Waals surface area contributed by atoms with Gasteiger partial charge < -0.3 is 14.7 Å². The second-order valence-corrected chi connectivity index (χ2v) is 7.37. The number of nitrogens with one attached hydrogen (secondary N) is 1. The van der Waals surface area contributed by atoms with Crippen molar-refractivity contribution in [3.63, 3.8) is 0 Å². The van der Waals surface area contributed by atoms with Crippen LogP contribution >= 0.6 is 0 Å². The lowest BCUT2D eigenvalue weighted by Gasteiger charge is -2.25.